The third-order valence-electron chi connectivity index (χ3n) is 2.42. The van der Waals surface area contributed by atoms with Gasteiger partial charge in [0.05, 0.1) is 0 Å². The number of nitrogens with zero attached hydrogens (tertiary/aromatic N) is 1. The summed E-state index contributed by atoms with van der Waals surface area (Å²) in [6.45, 7) is 1.93. The Balaban J connectivity index is 2.36. The van der Waals surface area contributed by atoms with E-state index in [-0.39, 0.29) is 0 Å². The lowest BCUT2D eigenvalue weighted by atomic mass is 10.2. The summed E-state index contributed by atoms with van der Waals surface area (Å²) in [6.07, 6.45) is 1.59. The summed E-state index contributed by atoms with van der Waals surface area (Å²) in [4.78, 5) is 0. The number of benzene rings is 2. The van der Waals surface area contributed by atoms with Gasteiger partial charge in [0.2, 0.25) is 5.69 Å². The Bertz CT molecular complexity index is 503. The van der Waals surface area contributed by atoms with Gasteiger partial charge in [-0.15, -0.1) is 0 Å². The molecule has 0 N–H and O–H groups in total. The minimum absolute atomic E-state index is 0.686. The fraction of sp³-hybridized carbons (Fsp3) is 0.0714. The van der Waals surface area contributed by atoms with Crippen LogP contribution in [0.15, 0.2) is 54.6 Å². The normalized spacial score (nSPS) is 11.4. The Morgan fingerprint density at radius 1 is 0.938 bits per heavy atom. The summed E-state index contributed by atoms with van der Waals surface area (Å²) >= 11 is 0. The maximum absolute atomic E-state index is 11.9. The number of hydrogen-bond acceptors (Lipinski definition) is 1. The molecule has 16 heavy (non-hydrogen) atoms. The van der Waals surface area contributed by atoms with E-state index in [0.717, 1.165) is 15.9 Å². The van der Waals surface area contributed by atoms with Crippen LogP contribution in [0, 0.1) is 12.1 Å². The lowest BCUT2D eigenvalue weighted by molar-refractivity contribution is -0.355. The summed E-state index contributed by atoms with van der Waals surface area (Å²) < 4.78 is 0.907. The summed E-state index contributed by atoms with van der Waals surface area (Å²) in [5, 5.41) is 11.9. The van der Waals surface area contributed by atoms with Crippen LogP contribution in [0.1, 0.15) is 11.1 Å². The van der Waals surface area contributed by atoms with Crippen LogP contribution >= 0.6 is 0 Å². The third kappa shape index (κ3) is 2.28. The van der Waals surface area contributed by atoms with Gasteiger partial charge < -0.3 is 5.21 Å². The minimum atomic E-state index is 0.686. The van der Waals surface area contributed by atoms with Gasteiger partial charge >= 0.3 is 0 Å². The first-order valence-corrected chi connectivity index (χ1v) is 5.19. The van der Waals surface area contributed by atoms with Gasteiger partial charge in [-0.3, -0.25) is 0 Å². The first-order valence-electron chi connectivity index (χ1n) is 5.19. The zero-order valence-corrected chi connectivity index (χ0v) is 9.13. The fourth-order valence-corrected chi connectivity index (χ4v) is 1.55. The van der Waals surface area contributed by atoms with Gasteiger partial charge in [-0.25, -0.2) is 0 Å². The number of aryl methyl sites for hydroxylation is 1. The zero-order chi connectivity index (χ0) is 11.4. The number of hydrogen-bond donors (Lipinski definition) is 0. The maximum Gasteiger partial charge on any atom is 0.219 e. The molecule has 0 aromatic heterocycles. The second-order valence-electron chi connectivity index (χ2n) is 3.65. The molecule has 80 valence electrons. The fourth-order valence-electron chi connectivity index (χ4n) is 1.55. The van der Waals surface area contributed by atoms with E-state index in [1.807, 2.05) is 61.5 Å². The van der Waals surface area contributed by atoms with Crippen LogP contribution in [0.3, 0.4) is 0 Å². The van der Waals surface area contributed by atoms with E-state index in [2.05, 4.69) is 0 Å². The average molecular weight is 211 g/mol. The Kier molecular flexibility index (Phi) is 3.01. The molecule has 0 aliphatic heterocycles. The molecule has 0 aliphatic rings. The molecule has 0 heterocycles. The molecule has 2 nitrogen and oxygen atoms in total. The van der Waals surface area contributed by atoms with Crippen LogP contribution < -0.4 is 0 Å². The monoisotopic (exact) mass is 211 g/mol. The molecule has 0 amide bonds. The molecular weight excluding hydrogens is 198 g/mol. The second kappa shape index (κ2) is 4.62. The Hall–Kier alpha value is -2.09. The van der Waals surface area contributed by atoms with Crippen molar-refractivity contribution in [3.8, 4) is 0 Å². The van der Waals surface area contributed by atoms with Crippen molar-refractivity contribution in [1.82, 2.24) is 0 Å². The molecule has 0 bridgehead atoms. The molecule has 0 radical (unpaired) electrons. The van der Waals surface area contributed by atoms with Gasteiger partial charge in [-0.1, -0.05) is 36.4 Å². The molecule has 2 heteroatoms. The quantitative estimate of drug-likeness (QED) is 0.324. The smallest absolute Gasteiger partial charge is 0.219 e. The lowest BCUT2D eigenvalue weighted by Gasteiger charge is -2.05. The molecule has 2 rings (SSSR count). The predicted molar refractivity (Wildman–Crippen MR) is 66.1 cm³/mol. The van der Waals surface area contributed by atoms with Gasteiger partial charge in [0.1, 0.15) is 0 Å². The number of para-hydroxylation sites is 1. The molecule has 2 aromatic carbocycles. The largest absolute Gasteiger partial charge is 0.618 e. The van der Waals surface area contributed by atoms with Crippen LogP contribution in [0.2, 0.25) is 0 Å². The SMILES string of the molecule is Cc1ccccc1[N+]([O-])=Cc1ccccc1. The van der Waals surface area contributed by atoms with E-state index >= 15 is 0 Å². The third-order valence-corrected chi connectivity index (χ3v) is 2.42. The Morgan fingerprint density at radius 3 is 2.25 bits per heavy atom. The van der Waals surface area contributed by atoms with Crippen LogP contribution in [-0.4, -0.2) is 11.0 Å². The van der Waals surface area contributed by atoms with E-state index in [4.69, 9.17) is 0 Å². The van der Waals surface area contributed by atoms with Crippen molar-refractivity contribution < 1.29 is 4.74 Å². The van der Waals surface area contributed by atoms with E-state index in [9.17, 15) is 5.21 Å². The highest BCUT2D eigenvalue weighted by molar-refractivity contribution is 5.76. The molecule has 0 spiro atoms. The highest BCUT2D eigenvalue weighted by Crippen LogP contribution is 2.16. The molecule has 0 saturated heterocycles. The second-order valence-corrected chi connectivity index (χ2v) is 3.65. The van der Waals surface area contributed by atoms with Gasteiger partial charge in [-0.05, 0) is 19.1 Å². The molecule has 2 aromatic rings. The molecular formula is C14H13NO. The van der Waals surface area contributed by atoms with Gasteiger partial charge in [0.25, 0.3) is 0 Å². The topological polar surface area (TPSA) is 26.1 Å². The van der Waals surface area contributed by atoms with E-state index in [1.165, 1.54) is 0 Å². The first-order chi connectivity index (χ1) is 7.77. The summed E-state index contributed by atoms with van der Waals surface area (Å²) in [5.41, 5.74) is 2.57. The maximum atomic E-state index is 11.9. The van der Waals surface area contributed by atoms with Crippen LogP contribution in [0.4, 0.5) is 5.69 Å². The summed E-state index contributed by atoms with van der Waals surface area (Å²) in [6, 6.07) is 17.1. The average Bonchev–Trinajstić information content (AvgIpc) is 2.31. The number of rotatable bonds is 2. The predicted octanol–water partition coefficient (Wildman–Crippen LogP) is 3.26. The van der Waals surface area contributed by atoms with Crippen molar-refractivity contribution in [2.24, 2.45) is 0 Å². The minimum Gasteiger partial charge on any atom is -0.618 e. The van der Waals surface area contributed by atoms with Gasteiger partial charge in [0, 0.05) is 17.2 Å². The lowest BCUT2D eigenvalue weighted by Crippen LogP contribution is -2.00. The van der Waals surface area contributed by atoms with Crippen molar-refractivity contribution in [2.75, 3.05) is 0 Å². The van der Waals surface area contributed by atoms with Gasteiger partial charge in [-0.2, -0.15) is 4.74 Å². The van der Waals surface area contributed by atoms with E-state index < -0.39 is 0 Å². The Morgan fingerprint density at radius 2 is 1.56 bits per heavy atom. The molecule has 0 unspecified atom stereocenters. The molecule has 0 aliphatic carbocycles. The zero-order valence-electron chi connectivity index (χ0n) is 9.13. The van der Waals surface area contributed by atoms with Crippen molar-refractivity contribution in [3.05, 3.63) is 70.9 Å². The molecule has 0 atom stereocenters. The Labute approximate surface area is 95.1 Å². The van der Waals surface area contributed by atoms with Crippen LogP contribution in [-0.2, 0) is 0 Å². The highest BCUT2D eigenvalue weighted by Gasteiger charge is 2.04. The van der Waals surface area contributed by atoms with Crippen molar-refractivity contribution >= 4 is 11.9 Å². The molecule has 0 saturated carbocycles. The van der Waals surface area contributed by atoms with E-state index in [0.29, 0.717) is 5.69 Å². The van der Waals surface area contributed by atoms with Crippen LogP contribution in [0.25, 0.3) is 0 Å². The molecule has 0 fully saturated rings. The van der Waals surface area contributed by atoms with Gasteiger partial charge in [0.15, 0.2) is 6.21 Å². The summed E-state index contributed by atoms with van der Waals surface area (Å²) in [7, 11) is 0. The summed E-state index contributed by atoms with van der Waals surface area (Å²) in [5.74, 6) is 0. The highest BCUT2D eigenvalue weighted by atomic mass is 16.5. The van der Waals surface area contributed by atoms with Crippen LogP contribution in [0.5, 0.6) is 0 Å². The first kappa shape index (κ1) is 10.4. The van der Waals surface area contributed by atoms with Crippen molar-refractivity contribution in [3.63, 3.8) is 0 Å². The van der Waals surface area contributed by atoms with E-state index in [1.54, 1.807) is 6.21 Å². The van der Waals surface area contributed by atoms with Crippen molar-refractivity contribution in [1.29, 1.82) is 0 Å². The standard InChI is InChI=1S/C14H13NO/c1-12-7-5-6-10-14(12)15(16)11-13-8-3-2-4-9-13/h2-11H,1H3. The van der Waals surface area contributed by atoms with Crippen molar-refractivity contribution in [2.45, 2.75) is 6.92 Å².